The first-order valence-corrected chi connectivity index (χ1v) is 13.9. The predicted octanol–water partition coefficient (Wildman–Crippen LogP) is 3.71. The van der Waals surface area contributed by atoms with E-state index in [4.69, 9.17) is 5.73 Å². The number of fused-ring (bicyclic) bond motifs is 1. The number of nitrogens with zero attached hydrogens (tertiary/aromatic N) is 3. The molecule has 1 spiro atoms. The molecule has 39 heavy (non-hydrogen) atoms. The van der Waals surface area contributed by atoms with Gasteiger partial charge in [0, 0.05) is 18.3 Å². The van der Waals surface area contributed by atoms with Gasteiger partial charge in [0.1, 0.15) is 6.04 Å². The number of imide groups is 1. The van der Waals surface area contributed by atoms with Crippen molar-refractivity contribution in [3.05, 3.63) is 102 Å². The molecule has 4 aliphatic rings. The van der Waals surface area contributed by atoms with Gasteiger partial charge >= 0.3 is 0 Å². The Morgan fingerprint density at radius 3 is 1.97 bits per heavy atom. The van der Waals surface area contributed by atoms with Gasteiger partial charge in [0.15, 0.2) is 11.1 Å². The zero-order valence-electron chi connectivity index (χ0n) is 21.8. The lowest BCUT2D eigenvalue weighted by molar-refractivity contribution is -0.149. The van der Waals surface area contributed by atoms with Crippen molar-refractivity contribution < 1.29 is 14.4 Å². The van der Waals surface area contributed by atoms with E-state index in [9.17, 15) is 14.4 Å². The van der Waals surface area contributed by atoms with Crippen molar-refractivity contribution >= 4 is 23.4 Å². The Hall–Kier alpha value is -3.97. The van der Waals surface area contributed by atoms with Crippen molar-refractivity contribution in [3.63, 3.8) is 0 Å². The summed E-state index contributed by atoms with van der Waals surface area (Å²) in [5.41, 5.74) is 7.40. The van der Waals surface area contributed by atoms with Crippen LogP contribution in [-0.4, -0.2) is 45.3 Å². The number of rotatable bonds is 5. The lowest BCUT2D eigenvalue weighted by Crippen LogP contribution is -2.69. The molecule has 3 atom stereocenters. The first-order chi connectivity index (χ1) is 19.0. The van der Waals surface area contributed by atoms with Crippen LogP contribution in [0.3, 0.4) is 0 Å². The van der Waals surface area contributed by atoms with Crippen molar-refractivity contribution in [2.24, 2.45) is 5.73 Å². The number of carbonyl (C=O) groups excluding carboxylic acids is 3. The SMILES string of the molecule is NC12C(=O)N(C3CCCCC3)C3C(=O)N(Cc4ccccc4)C(=O)C31c1ccccc1N2Cc1ccccc1. The highest BCUT2D eigenvalue weighted by Crippen LogP contribution is 2.61. The summed E-state index contributed by atoms with van der Waals surface area (Å²) in [5, 5.41) is 0. The van der Waals surface area contributed by atoms with Gasteiger partial charge in [0.05, 0.1) is 6.54 Å². The molecule has 0 aromatic heterocycles. The molecule has 0 radical (unpaired) electrons. The smallest absolute Gasteiger partial charge is 0.265 e. The highest BCUT2D eigenvalue weighted by atomic mass is 16.2. The summed E-state index contributed by atoms with van der Waals surface area (Å²) in [6, 6.07) is 25.9. The second kappa shape index (κ2) is 8.78. The zero-order chi connectivity index (χ0) is 26.8. The Bertz CT molecular complexity index is 1450. The first-order valence-electron chi connectivity index (χ1n) is 13.9. The molecule has 7 nitrogen and oxygen atoms in total. The van der Waals surface area contributed by atoms with Crippen molar-refractivity contribution in [1.29, 1.82) is 0 Å². The third-order valence-electron chi connectivity index (χ3n) is 9.31. The van der Waals surface area contributed by atoms with E-state index in [1.54, 1.807) is 4.90 Å². The number of amides is 3. The summed E-state index contributed by atoms with van der Waals surface area (Å²) in [5.74, 6) is -1.02. The van der Waals surface area contributed by atoms with Gasteiger partial charge in [-0.05, 0) is 35.6 Å². The van der Waals surface area contributed by atoms with Gasteiger partial charge in [-0.1, -0.05) is 98.1 Å². The molecule has 2 N–H and O–H groups in total. The Morgan fingerprint density at radius 1 is 0.718 bits per heavy atom. The molecule has 3 aliphatic heterocycles. The summed E-state index contributed by atoms with van der Waals surface area (Å²) >= 11 is 0. The van der Waals surface area contributed by atoms with Crippen LogP contribution in [-0.2, 0) is 32.9 Å². The Balaban J connectivity index is 1.43. The molecule has 1 saturated carbocycles. The van der Waals surface area contributed by atoms with Gasteiger partial charge in [-0.25, -0.2) is 0 Å². The minimum absolute atomic E-state index is 0.113. The van der Waals surface area contributed by atoms with E-state index < -0.39 is 17.1 Å². The molecule has 3 aromatic rings. The highest BCUT2D eigenvalue weighted by Gasteiger charge is 2.84. The lowest BCUT2D eigenvalue weighted by Gasteiger charge is -2.40. The molecule has 1 aliphatic carbocycles. The van der Waals surface area contributed by atoms with Crippen molar-refractivity contribution in [3.8, 4) is 0 Å². The van der Waals surface area contributed by atoms with E-state index in [0.29, 0.717) is 12.1 Å². The van der Waals surface area contributed by atoms with Crippen molar-refractivity contribution in [2.45, 2.75) is 68.4 Å². The fourth-order valence-electron chi connectivity index (χ4n) is 7.60. The normalized spacial score (nSPS) is 28.2. The van der Waals surface area contributed by atoms with Gasteiger partial charge < -0.3 is 9.80 Å². The average Bonchev–Trinajstić information content (AvgIpc) is 3.43. The van der Waals surface area contributed by atoms with E-state index in [0.717, 1.165) is 48.9 Å². The molecular weight excluding hydrogens is 488 g/mol. The van der Waals surface area contributed by atoms with Crippen LogP contribution in [0, 0.1) is 0 Å². The van der Waals surface area contributed by atoms with Gasteiger partial charge in [0.25, 0.3) is 11.8 Å². The summed E-state index contributed by atoms with van der Waals surface area (Å²) < 4.78 is 0. The fraction of sp³-hybridized carbons (Fsp3) is 0.344. The molecular formula is C32H32N4O3. The molecule has 3 fully saturated rings. The summed E-state index contributed by atoms with van der Waals surface area (Å²) in [6.07, 6.45) is 4.72. The monoisotopic (exact) mass is 520 g/mol. The molecule has 198 valence electrons. The Morgan fingerprint density at radius 2 is 1.31 bits per heavy atom. The number of carbonyl (C=O) groups is 3. The van der Waals surface area contributed by atoms with Crippen LogP contribution in [0.15, 0.2) is 84.9 Å². The summed E-state index contributed by atoms with van der Waals surface area (Å²) in [4.78, 5) is 48.8. The zero-order valence-corrected chi connectivity index (χ0v) is 21.8. The van der Waals surface area contributed by atoms with Gasteiger partial charge in [-0.2, -0.15) is 0 Å². The highest BCUT2D eigenvalue weighted by molar-refractivity contribution is 6.23. The number of likely N-dealkylation sites (tertiary alicyclic amines) is 2. The Labute approximate surface area is 228 Å². The van der Waals surface area contributed by atoms with Crippen LogP contribution in [0.4, 0.5) is 5.69 Å². The quantitative estimate of drug-likeness (QED) is 0.519. The first kappa shape index (κ1) is 24.1. The third-order valence-corrected chi connectivity index (χ3v) is 9.31. The molecule has 3 aromatic carbocycles. The Kier molecular flexibility index (Phi) is 5.42. The van der Waals surface area contributed by atoms with Crippen LogP contribution in [0.2, 0.25) is 0 Å². The molecule has 0 bridgehead atoms. The maximum Gasteiger partial charge on any atom is 0.265 e. The second-order valence-electron chi connectivity index (χ2n) is 11.3. The van der Waals surface area contributed by atoms with Gasteiger partial charge in [-0.15, -0.1) is 0 Å². The van der Waals surface area contributed by atoms with Crippen LogP contribution in [0.5, 0.6) is 0 Å². The fourth-order valence-corrected chi connectivity index (χ4v) is 7.60. The number of hydrogen-bond donors (Lipinski definition) is 1. The number of anilines is 1. The molecule has 7 rings (SSSR count). The average molecular weight is 521 g/mol. The molecule has 3 heterocycles. The number of hydrogen-bond acceptors (Lipinski definition) is 5. The standard InChI is InChI=1S/C32H32N4O3/c33-32-30(39)36(24-16-8-3-9-17-24)27-28(37)34(20-22-12-4-1-5-13-22)29(38)31(27,32)25-18-10-11-19-26(25)35(32)21-23-14-6-2-7-15-23/h1-2,4-7,10-15,18-19,24,27H,3,8-9,16-17,20-21,33H2. The number of nitrogens with two attached hydrogens (primary N) is 1. The molecule has 3 unspecified atom stereocenters. The molecule has 7 heteroatoms. The van der Waals surface area contributed by atoms with E-state index in [1.807, 2.05) is 89.8 Å². The minimum Gasteiger partial charge on any atom is -0.340 e. The maximum atomic E-state index is 14.8. The number of para-hydroxylation sites is 1. The van der Waals surface area contributed by atoms with Crippen molar-refractivity contribution in [2.75, 3.05) is 4.90 Å². The largest absolute Gasteiger partial charge is 0.340 e. The third kappa shape index (κ3) is 3.11. The minimum atomic E-state index is -1.72. The van der Waals surface area contributed by atoms with Crippen LogP contribution in [0.1, 0.15) is 48.8 Å². The second-order valence-corrected chi connectivity index (χ2v) is 11.3. The maximum absolute atomic E-state index is 14.8. The van der Waals surface area contributed by atoms with Crippen LogP contribution < -0.4 is 10.6 Å². The lowest BCUT2D eigenvalue weighted by atomic mass is 9.71. The van der Waals surface area contributed by atoms with Crippen LogP contribution >= 0.6 is 0 Å². The summed E-state index contributed by atoms with van der Waals surface area (Å²) in [6.45, 7) is 0.508. The van der Waals surface area contributed by atoms with Gasteiger partial charge in [-0.3, -0.25) is 25.0 Å². The predicted molar refractivity (Wildman–Crippen MR) is 147 cm³/mol. The summed E-state index contributed by atoms with van der Waals surface area (Å²) in [7, 11) is 0. The number of benzene rings is 3. The van der Waals surface area contributed by atoms with E-state index in [-0.39, 0.29) is 30.3 Å². The van der Waals surface area contributed by atoms with E-state index in [1.165, 1.54) is 4.90 Å². The molecule has 3 amide bonds. The van der Waals surface area contributed by atoms with E-state index >= 15 is 0 Å². The van der Waals surface area contributed by atoms with Crippen molar-refractivity contribution in [1.82, 2.24) is 9.80 Å². The van der Waals surface area contributed by atoms with Gasteiger partial charge in [0.2, 0.25) is 5.91 Å². The van der Waals surface area contributed by atoms with Crippen LogP contribution in [0.25, 0.3) is 0 Å². The molecule has 2 saturated heterocycles. The van der Waals surface area contributed by atoms with E-state index in [2.05, 4.69) is 0 Å². The topological polar surface area (TPSA) is 87.0 Å².